The summed E-state index contributed by atoms with van der Waals surface area (Å²) in [5.41, 5.74) is 0. The van der Waals surface area contributed by atoms with Gasteiger partial charge in [0, 0.05) is 20.0 Å². The van der Waals surface area contributed by atoms with Gasteiger partial charge in [-0.2, -0.15) is 9.97 Å². The summed E-state index contributed by atoms with van der Waals surface area (Å²) < 4.78 is 0. The lowest BCUT2D eigenvalue weighted by Crippen LogP contribution is -2.16. The summed E-state index contributed by atoms with van der Waals surface area (Å²) in [7, 11) is 3.86. The van der Waals surface area contributed by atoms with E-state index in [0.717, 1.165) is 17.6 Å². The van der Waals surface area contributed by atoms with Crippen molar-refractivity contribution in [2.75, 3.05) is 19.0 Å². The molecule has 0 unspecified atom stereocenters. The Morgan fingerprint density at radius 1 is 1.08 bits per heavy atom. The molecule has 0 aliphatic rings. The number of rotatable bonds is 2. The average molecular weight is 180 g/mol. The third kappa shape index (κ3) is 2.37. The van der Waals surface area contributed by atoms with Crippen LogP contribution in [0, 0.1) is 6.92 Å². The first-order chi connectivity index (χ1) is 6.00. The van der Waals surface area contributed by atoms with Gasteiger partial charge in [-0.05, 0) is 6.92 Å². The monoisotopic (exact) mass is 180 g/mol. The third-order valence-corrected chi connectivity index (χ3v) is 1.67. The SMILES string of the molecule is Cc1nc(C(C)C)nc(N(C)C)n1. The fourth-order valence-corrected chi connectivity index (χ4v) is 0.946. The van der Waals surface area contributed by atoms with Crippen molar-refractivity contribution in [2.45, 2.75) is 26.7 Å². The first-order valence-electron chi connectivity index (χ1n) is 4.40. The number of nitrogens with zero attached hydrogens (tertiary/aromatic N) is 4. The lowest BCUT2D eigenvalue weighted by atomic mass is 10.2. The quantitative estimate of drug-likeness (QED) is 0.689. The normalized spacial score (nSPS) is 10.6. The van der Waals surface area contributed by atoms with Gasteiger partial charge in [0.2, 0.25) is 5.95 Å². The van der Waals surface area contributed by atoms with Crippen LogP contribution < -0.4 is 4.90 Å². The molecule has 1 rings (SSSR count). The van der Waals surface area contributed by atoms with Crippen LogP contribution in [0.25, 0.3) is 0 Å². The van der Waals surface area contributed by atoms with Crippen LogP contribution in [0.2, 0.25) is 0 Å². The minimum atomic E-state index is 0.348. The molecule has 0 bridgehead atoms. The molecule has 13 heavy (non-hydrogen) atoms. The van der Waals surface area contributed by atoms with Gasteiger partial charge in [-0.3, -0.25) is 0 Å². The molecule has 0 aliphatic heterocycles. The molecule has 0 radical (unpaired) electrons. The maximum atomic E-state index is 4.34. The standard InChI is InChI=1S/C9H16N4/c1-6(2)8-10-7(3)11-9(12-8)13(4)5/h6H,1-5H3. The van der Waals surface area contributed by atoms with E-state index in [1.807, 2.05) is 25.9 Å². The molecule has 0 atom stereocenters. The first-order valence-corrected chi connectivity index (χ1v) is 4.40. The summed E-state index contributed by atoms with van der Waals surface area (Å²) in [6, 6.07) is 0. The molecule has 0 aromatic carbocycles. The van der Waals surface area contributed by atoms with Gasteiger partial charge >= 0.3 is 0 Å². The minimum Gasteiger partial charge on any atom is -0.347 e. The van der Waals surface area contributed by atoms with E-state index in [1.54, 1.807) is 0 Å². The number of anilines is 1. The summed E-state index contributed by atoms with van der Waals surface area (Å²) in [4.78, 5) is 14.7. The molecule has 0 saturated heterocycles. The van der Waals surface area contributed by atoms with Crippen LogP contribution in [0.15, 0.2) is 0 Å². The fourth-order valence-electron chi connectivity index (χ4n) is 0.946. The van der Waals surface area contributed by atoms with Crippen molar-refractivity contribution in [2.24, 2.45) is 0 Å². The second-order valence-electron chi connectivity index (χ2n) is 3.59. The van der Waals surface area contributed by atoms with E-state index in [9.17, 15) is 0 Å². The smallest absolute Gasteiger partial charge is 0.228 e. The Labute approximate surface area is 79.0 Å². The van der Waals surface area contributed by atoms with Crippen LogP contribution in [0.5, 0.6) is 0 Å². The number of hydrogen-bond acceptors (Lipinski definition) is 4. The summed E-state index contributed by atoms with van der Waals surface area (Å²) in [5.74, 6) is 2.72. The van der Waals surface area contributed by atoms with E-state index < -0.39 is 0 Å². The number of hydrogen-bond donors (Lipinski definition) is 0. The Morgan fingerprint density at radius 2 is 1.69 bits per heavy atom. The highest BCUT2D eigenvalue weighted by molar-refractivity contribution is 5.26. The Bertz CT molecular complexity index is 267. The highest BCUT2D eigenvalue weighted by Gasteiger charge is 2.07. The van der Waals surface area contributed by atoms with Gasteiger partial charge in [-0.15, -0.1) is 0 Å². The minimum absolute atomic E-state index is 0.348. The summed E-state index contributed by atoms with van der Waals surface area (Å²) in [6.45, 7) is 6.04. The van der Waals surface area contributed by atoms with Gasteiger partial charge in [-0.1, -0.05) is 13.8 Å². The molecule has 0 fully saturated rings. The predicted molar refractivity (Wildman–Crippen MR) is 53.0 cm³/mol. The van der Waals surface area contributed by atoms with Crippen LogP contribution in [0.3, 0.4) is 0 Å². The number of aromatic nitrogens is 3. The molecule has 1 aromatic rings. The molecular weight excluding hydrogens is 164 g/mol. The Kier molecular flexibility index (Phi) is 2.80. The Hall–Kier alpha value is -1.19. The Balaban J connectivity index is 3.11. The topological polar surface area (TPSA) is 41.9 Å². The van der Waals surface area contributed by atoms with E-state index in [-0.39, 0.29) is 0 Å². The van der Waals surface area contributed by atoms with E-state index in [2.05, 4.69) is 28.8 Å². The molecule has 0 N–H and O–H groups in total. The van der Waals surface area contributed by atoms with Crippen molar-refractivity contribution in [3.05, 3.63) is 11.6 Å². The van der Waals surface area contributed by atoms with Crippen molar-refractivity contribution >= 4 is 5.95 Å². The van der Waals surface area contributed by atoms with Crippen LogP contribution in [0.1, 0.15) is 31.4 Å². The van der Waals surface area contributed by atoms with Gasteiger partial charge in [0.15, 0.2) is 0 Å². The molecular formula is C9H16N4. The van der Waals surface area contributed by atoms with Gasteiger partial charge in [-0.25, -0.2) is 4.98 Å². The molecule has 4 heteroatoms. The zero-order valence-electron chi connectivity index (χ0n) is 8.87. The average Bonchev–Trinajstić information content (AvgIpc) is 2.03. The van der Waals surface area contributed by atoms with Crippen molar-refractivity contribution < 1.29 is 0 Å². The van der Waals surface area contributed by atoms with E-state index >= 15 is 0 Å². The third-order valence-electron chi connectivity index (χ3n) is 1.67. The largest absolute Gasteiger partial charge is 0.347 e. The highest BCUT2D eigenvalue weighted by atomic mass is 15.2. The molecule has 4 nitrogen and oxygen atoms in total. The maximum Gasteiger partial charge on any atom is 0.228 e. The lowest BCUT2D eigenvalue weighted by molar-refractivity contribution is 0.740. The Morgan fingerprint density at radius 3 is 2.15 bits per heavy atom. The van der Waals surface area contributed by atoms with Crippen molar-refractivity contribution in [3.63, 3.8) is 0 Å². The molecule has 0 aliphatic carbocycles. The van der Waals surface area contributed by atoms with Crippen LogP contribution in [-0.4, -0.2) is 29.0 Å². The van der Waals surface area contributed by atoms with Crippen molar-refractivity contribution in [1.82, 2.24) is 15.0 Å². The van der Waals surface area contributed by atoms with Crippen LogP contribution in [0.4, 0.5) is 5.95 Å². The van der Waals surface area contributed by atoms with Gasteiger partial charge < -0.3 is 4.90 Å². The van der Waals surface area contributed by atoms with Gasteiger partial charge in [0.25, 0.3) is 0 Å². The van der Waals surface area contributed by atoms with Crippen LogP contribution in [-0.2, 0) is 0 Å². The van der Waals surface area contributed by atoms with Crippen molar-refractivity contribution in [1.29, 1.82) is 0 Å². The summed E-state index contributed by atoms with van der Waals surface area (Å²) in [6.07, 6.45) is 0. The fraction of sp³-hybridized carbons (Fsp3) is 0.667. The van der Waals surface area contributed by atoms with Crippen molar-refractivity contribution in [3.8, 4) is 0 Å². The molecule has 1 aromatic heterocycles. The number of aryl methyl sites for hydroxylation is 1. The molecule has 72 valence electrons. The second kappa shape index (κ2) is 3.68. The van der Waals surface area contributed by atoms with E-state index in [1.165, 1.54) is 0 Å². The first kappa shape index (κ1) is 9.89. The second-order valence-corrected chi connectivity index (χ2v) is 3.59. The highest BCUT2D eigenvalue weighted by Crippen LogP contribution is 2.11. The molecule has 0 saturated carbocycles. The van der Waals surface area contributed by atoms with Gasteiger partial charge in [0.05, 0.1) is 0 Å². The summed E-state index contributed by atoms with van der Waals surface area (Å²) >= 11 is 0. The summed E-state index contributed by atoms with van der Waals surface area (Å²) in [5, 5.41) is 0. The van der Waals surface area contributed by atoms with E-state index in [4.69, 9.17) is 0 Å². The molecule has 1 heterocycles. The predicted octanol–water partition coefficient (Wildman–Crippen LogP) is 1.37. The molecule has 0 amide bonds. The van der Waals surface area contributed by atoms with E-state index in [0.29, 0.717) is 5.92 Å². The molecule has 0 spiro atoms. The lowest BCUT2D eigenvalue weighted by Gasteiger charge is -2.12. The van der Waals surface area contributed by atoms with Crippen LogP contribution >= 0.6 is 0 Å². The zero-order chi connectivity index (χ0) is 10.0. The van der Waals surface area contributed by atoms with Gasteiger partial charge in [0.1, 0.15) is 11.6 Å². The maximum absolute atomic E-state index is 4.34. The zero-order valence-corrected chi connectivity index (χ0v) is 8.87.